The predicted octanol–water partition coefficient (Wildman–Crippen LogP) is -0.273. The number of hydrogen-bond donors (Lipinski definition) is 8. The van der Waals surface area contributed by atoms with E-state index in [-0.39, 0.29) is 31.9 Å². The Morgan fingerprint density at radius 2 is 1.43 bits per heavy atom. The number of benzene rings is 2. The number of rotatable bonds is 14. The summed E-state index contributed by atoms with van der Waals surface area (Å²) in [5.74, 6) is -1.79. The summed E-state index contributed by atoms with van der Waals surface area (Å²) in [6.45, 7) is 3.48. The monoisotopic (exact) mass is 585 g/mol. The number of carbonyl (C=O) groups excluding carboxylic acids is 5. The van der Waals surface area contributed by atoms with E-state index in [1.807, 2.05) is 50.2 Å². The first kappa shape index (κ1) is 33.5. The summed E-state index contributed by atoms with van der Waals surface area (Å²) < 4.78 is 5.13. The van der Waals surface area contributed by atoms with Gasteiger partial charge in [-0.3, -0.25) is 25.2 Å². The molecule has 0 radical (unpaired) electrons. The molecule has 15 nitrogen and oxygen atoms in total. The van der Waals surface area contributed by atoms with E-state index in [4.69, 9.17) is 10.5 Å². The van der Waals surface area contributed by atoms with Gasteiger partial charge in [0.2, 0.25) is 11.8 Å². The summed E-state index contributed by atoms with van der Waals surface area (Å²) in [5, 5.41) is 6.18. The first-order valence-electron chi connectivity index (χ1n) is 13.2. The fourth-order valence-electron chi connectivity index (χ4n) is 3.55. The van der Waals surface area contributed by atoms with E-state index in [1.54, 1.807) is 24.3 Å². The normalized spacial score (nSPS) is 11.9. The Morgan fingerprint density at radius 1 is 0.810 bits per heavy atom. The van der Waals surface area contributed by atoms with Crippen LogP contribution in [0.25, 0.3) is 0 Å². The third-order valence-electron chi connectivity index (χ3n) is 5.64. The lowest BCUT2D eigenvalue weighted by Crippen LogP contribution is -2.61. The molecule has 2 unspecified atom stereocenters. The Bertz CT molecular complexity index is 1170. The molecule has 0 heterocycles. The maximum absolute atomic E-state index is 13.1. The zero-order chi connectivity index (χ0) is 30.9. The fourth-order valence-corrected chi connectivity index (χ4v) is 3.55. The molecule has 9 N–H and O–H groups in total. The molecule has 0 saturated carbocycles. The Hall–Kier alpha value is -4.73. The molecule has 0 fully saturated rings. The van der Waals surface area contributed by atoms with E-state index in [1.165, 1.54) is 7.05 Å². The van der Waals surface area contributed by atoms with Crippen molar-refractivity contribution < 1.29 is 28.7 Å². The van der Waals surface area contributed by atoms with Crippen LogP contribution in [0.4, 0.5) is 9.59 Å². The van der Waals surface area contributed by atoms with Crippen LogP contribution < -0.4 is 43.7 Å². The average Bonchev–Trinajstić information content (AvgIpc) is 2.98. The summed E-state index contributed by atoms with van der Waals surface area (Å²) in [6.07, 6.45) is -0.288. The van der Waals surface area contributed by atoms with Gasteiger partial charge in [0.15, 0.2) is 0 Å². The number of ether oxygens (including phenoxy) is 1. The quantitative estimate of drug-likeness (QED) is 0.137. The highest BCUT2D eigenvalue weighted by molar-refractivity contribution is 5.93. The molecule has 0 aliphatic carbocycles. The number of amides is 6. The molecule has 0 aromatic heterocycles. The minimum Gasteiger partial charge on any atom is -0.444 e. The van der Waals surface area contributed by atoms with Crippen molar-refractivity contribution in [3.8, 4) is 0 Å². The Morgan fingerprint density at radius 3 is 2.02 bits per heavy atom. The molecule has 0 bridgehead atoms. The minimum absolute atomic E-state index is 0.00383. The number of nitrogens with two attached hydrogens (primary N) is 1. The Kier molecular flexibility index (Phi) is 14.2. The summed E-state index contributed by atoms with van der Waals surface area (Å²) in [5.41, 5.74) is 18.2. The molecule has 15 heteroatoms. The van der Waals surface area contributed by atoms with Crippen LogP contribution in [-0.2, 0) is 32.1 Å². The molecule has 0 spiro atoms. The molecule has 0 aliphatic heterocycles. The molecular formula is C27H39N9O6. The lowest BCUT2D eigenvalue weighted by atomic mass is 10.0. The van der Waals surface area contributed by atoms with Crippen molar-refractivity contribution >= 4 is 29.8 Å². The van der Waals surface area contributed by atoms with E-state index in [2.05, 4.69) is 38.0 Å². The Labute approximate surface area is 244 Å². The average molecular weight is 586 g/mol. The summed E-state index contributed by atoms with van der Waals surface area (Å²) in [4.78, 5) is 62.1. The van der Waals surface area contributed by atoms with Crippen LogP contribution in [0.15, 0.2) is 60.7 Å². The molecule has 2 rings (SSSR count). The maximum atomic E-state index is 13.1. The second-order valence-corrected chi connectivity index (χ2v) is 9.61. The molecule has 0 aliphatic rings. The van der Waals surface area contributed by atoms with Crippen molar-refractivity contribution in [1.82, 2.24) is 43.0 Å². The molecule has 2 aromatic carbocycles. The van der Waals surface area contributed by atoms with Gasteiger partial charge in [-0.2, -0.15) is 0 Å². The van der Waals surface area contributed by atoms with Gasteiger partial charge in [-0.15, -0.1) is 11.1 Å². The Balaban J connectivity index is 1.84. The number of carbonyl (C=O) groups is 5. The molecule has 228 valence electrons. The minimum atomic E-state index is -1.03. The number of hydrogen-bond acceptors (Lipinski definition) is 9. The van der Waals surface area contributed by atoms with Crippen LogP contribution in [0.5, 0.6) is 0 Å². The van der Waals surface area contributed by atoms with Gasteiger partial charge in [0.05, 0.1) is 6.54 Å². The first-order chi connectivity index (χ1) is 20.1. The first-order valence-corrected chi connectivity index (χ1v) is 13.2. The van der Waals surface area contributed by atoms with Crippen molar-refractivity contribution in [3.63, 3.8) is 0 Å². The van der Waals surface area contributed by atoms with Crippen LogP contribution in [0, 0.1) is 5.92 Å². The van der Waals surface area contributed by atoms with E-state index >= 15 is 0 Å². The second kappa shape index (κ2) is 17.9. The molecular weight excluding hydrogens is 546 g/mol. The van der Waals surface area contributed by atoms with Crippen molar-refractivity contribution in [2.24, 2.45) is 11.7 Å². The second-order valence-electron chi connectivity index (χ2n) is 9.61. The van der Waals surface area contributed by atoms with Gasteiger partial charge >= 0.3 is 12.1 Å². The van der Waals surface area contributed by atoms with Crippen LogP contribution in [0.2, 0.25) is 0 Å². The van der Waals surface area contributed by atoms with E-state index in [0.717, 1.165) is 16.1 Å². The highest BCUT2D eigenvalue weighted by Gasteiger charge is 2.27. The summed E-state index contributed by atoms with van der Waals surface area (Å²) >= 11 is 0. The predicted molar refractivity (Wildman–Crippen MR) is 153 cm³/mol. The third-order valence-corrected chi connectivity index (χ3v) is 5.64. The maximum Gasteiger partial charge on any atom is 0.425 e. The molecule has 2 aromatic rings. The van der Waals surface area contributed by atoms with Gasteiger partial charge in [-0.25, -0.2) is 20.0 Å². The van der Waals surface area contributed by atoms with Crippen molar-refractivity contribution in [2.75, 3.05) is 13.6 Å². The standard InChI is InChI=1S/C27H39N9O6/c1-18(2)14-21(30-24(38)22(29-23(37)16-28)15-19-10-6-4-7-11-19)25(39)31-32-26(40)33-34-35-36(3)27(41)42-17-20-12-8-5-9-13-20/h4-13,18,21-22,34-35H,14-17,28H2,1-3H3,(H,29,37)(H,30,38)(H,31,39)(H2,32,33,40). The summed E-state index contributed by atoms with van der Waals surface area (Å²) in [6, 6.07) is 15.3. The smallest absolute Gasteiger partial charge is 0.425 e. The number of hydrazine groups is 4. The van der Waals surface area contributed by atoms with E-state index in [9.17, 15) is 24.0 Å². The topological polar surface area (TPSA) is 208 Å². The van der Waals surface area contributed by atoms with Crippen LogP contribution in [0.3, 0.4) is 0 Å². The van der Waals surface area contributed by atoms with Crippen LogP contribution in [-0.4, -0.2) is 60.5 Å². The molecule has 0 saturated heterocycles. The molecule has 2 atom stereocenters. The molecule has 6 amide bonds. The number of nitrogens with one attached hydrogen (secondary N) is 7. The summed E-state index contributed by atoms with van der Waals surface area (Å²) in [7, 11) is 1.36. The van der Waals surface area contributed by atoms with Gasteiger partial charge in [-0.1, -0.05) is 74.5 Å². The highest BCUT2D eigenvalue weighted by atomic mass is 16.6. The van der Waals surface area contributed by atoms with Gasteiger partial charge < -0.3 is 21.1 Å². The van der Waals surface area contributed by atoms with E-state index in [0.29, 0.717) is 0 Å². The highest BCUT2D eigenvalue weighted by Crippen LogP contribution is 2.08. The van der Waals surface area contributed by atoms with Crippen molar-refractivity contribution in [3.05, 3.63) is 71.8 Å². The lowest BCUT2D eigenvalue weighted by molar-refractivity contribution is -0.132. The van der Waals surface area contributed by atoms with Gasteiger partial charge in [0.1, 0.15) is 18.7 Å². The molecule has 42 heavy (non-hydrogen) atoms. The van der Waals surface area contributed by atoms with Crippen molar-refractivity contribution in [2.45, 2.75) is 45.4 Å². The zero-order valence-electron chi connectivity index (χ0n) is 23.8. The fraction of sp³-hybridized carbons (Fsp3) is 0.370. The zero-order valence-corrected chi connectivity index (χ0v) is 23.8. The number of nitrogens with zero attached hydrogens (tertiary/aromatic N) is 1. The van der Waals surface area contributed by atoms with Gasteiger partial charge in [0.25, 0.3) is 5.91 Å². The SMILES string of the molecule is CC(C)CC(NC(=O)C(Cc1ccccc1)NC(=O)CN)C(=O)NNC(=O)NNNN(C)C(=O)OCc1ccccc1. The van der Waals surface area contributed by atoms with E-state index < -0.39 is 41.9 Å². The van der Waals surface area contributed by atoms with Crippen molar-refractivity contribution in [1.29, 1.82) is 0 Å². The van der Waals surface area contributed by atoms with Crippen LogP contribution in [0.1, 0.15) is 31.4 Å². The van der Waals surface area contributed by atoms with Crippen LogP contribution >= 0.6 is 0 Å². The van der Waals surface area contributed by atoms with Gasteiger partial charge in [-0.05, 0) is 23.5 Å². The largest absolute Gasteiger partial charge is 0.444 e. The lowest BCUT2D eigenvalue weighted by Gasteiger charge is -2.24. The third kappa shape index (κ3) is 12.6. The number of urea groups is 1. The van der Waals surface area contributed by atoms with Gasteiger partial charge in [0, 0.05) is 13.5 Å².